The molecule has 3 unspecified atom stereocenters. The fourth-order valence-corrected chi connectivity index (χ4v) is 3.65. The van der Waals surface area contributed by atoms with Crippen molar-refractivity contribution >= 4 is 10.0 Å². The average Bonchev–Trinajstić information content (AvgIpc) is 2.15. The van der Waals surface area contributed by atoms with Crippen molar-refractivity contribution in [3.05, 3.63) is 0 Å². The molecule has 0 saturated heterocycles. The minimum absolute atomic E-state index is 0.131. The molecule has 0 aromatic heterocycles. The molecule has 102 valence electrons. The topological polar surface area (TPSA) is 46.2 Å². The first kappa shape index (κ1) is 15.0. The highest BCUT2D eigenvalue weighted by atomic mass is 32.2. The number of hydrogen-bond acceptors (Lipinski definition) is 2. The lowest BCUT2D eigenvalue weighted by Crippen LogP contribution is -2.47. The van der Waals surface area contributed by atoms with Crippen LogP contribution < -0.4 is 4.72 Å². The third kappa shape index (κ3) is 3.95. The van der Waals surface area contributed by atoms with Crippen LogP contribution in [0.25, 0.3) is 0 Å². The Morgan fingerprint density at radius 3 is 2.18 bits per heavy atom. The smallest absolute Gasteiger partial charge is 0.212 e. The lowest BCUT2D eigenvalue weighted by Gasteiger charge is -2.37. The zero-order valence-electron chi connectivity index (χ0n) is 11.7. The van der Waals surface area contributed by atoms with Crippen molar-refractivity contribution in [1.82, 2.24) is 4.72 Å². The second-order valence-electron chi connectivity index (χ2n) is 6.14. The summed E-state index contributed by atoms with van der Waals surface area (Å²) in [6, 6.07) is 0.131. The van der Waals surface area contributed by atoms with Crippen LogP contribution in [0.3, 0.4) is 0 Å². The fraction of sp³-hybridized carbons (Fsp3) is 1.00. The molecule has 1 N–H and O–H groups in total. The van der Waals surface area contributed by atoms with E-state index in [1.54, 1.807) is 13.8 Å². The summed E-state index contributed by atoms with van der Waals surface area (Å²) in [5, 5.41) is -0.340. The zero-order valence-corrected chi connectivity index (χ0v) is 12.5. The second-order valence-corrected chi connectivity index (χ2v) is 8.41. The molecule has 0 amide bonds. The molecule has 0 spiro atoms. The van der Waals surface area contributed by atoms with Gasteiger partial charge in [0.25, 0.3) is 0 Å². The monoisotopic (exact) mass is 261 g/mol. The normalized spacial score (nSPS) is 31.1. The van der Waals surface area contributed by atoms with Gasteiger partial charge in [-0.05, 0) is 44.4 Å². The maximum absolute atomic E-state index is 12.0. The summed E-state index contributed by atoms with van der Waals surface area (Å²) in [6.45, 7) is 10.1. The van der Waals surface area contributed by atoms with E-state index in [9.17, 15) is 8.42 Å². The third-order valence-electron chi connectivity index (χ3n) is 3.96. The molecule has 17 heavy (non-hydrogen) atoms. The molecule has 1 fully saturated rings. The van der Waals surface area contributed by atoms with Gasteiger partial charge in [0.1, 0.15) is 0 Å². The highest BCUT2D eigenvalue weighted by Gasteiger charge is 2.33. The van der Waals surface area contributed by atoms with Gasteiger partial charge in [0, 0.05) is 6.04 Å². The lowest BCUT2D eigenvalue weighted by molar-refractivity contribution is 0.187. The molecular weight excluding hydrogens is 234 g/mol. The molecular formula is C13H27NO2S. The van der Waals surface area contributed by atoms with Gasteiger partial charge in [0.15, 0.2) is 0 Å². The molecule has 1 aliphatic rings. The van der Waals surface area contributed by atoms with Gasteiger partial charge in [-0.15, -0.1) is 0 Å². The molecule has 1 rings (SSSR count). The van der Waals surface area contributed by atoms with Gasteiger partial charge < -0.3 is 0 Å². The number of sulfonamides is 1. The Kier molecular flexibility index (Phi) is 5.02. The summed E-state index contributed by atoms with van der Waals surface area (Å²) in [7, 11) is -3.14. The van der Waals surface area contributed by atoms with Crippen molar-refractivity contribution in [3.8, 4) is 0 Å². The van der Waals surface area contributed by atoms with E-state index in [-0.39, 0.29) is 11.3 Å². The Bertz CT molecular complexity index is 335. The van der Waals surface area contributed by atoms with Crippen molar-refractivity contribution in [2.24, 2.45) is 17.8 Å². The highest BCUT2D eigenvalue weighted by Crippen LogP contribution is 2.33. The van der Waals surface area contributed by atoms with E-state index in [0.29, 0.717) is 17.8 Å². The van der Waals surface area contributed by atoms with Gasteiger partial charge in [0.05, 0.1) is 5.25 Å². The van der Waals surface area contributed by atoms with Crippen LogP contribution >= 0.6 is 0 Å². The van der Waals surface area contributed by atoms with E-state index < -0.39 is 10.0 Å². The van der Waals surface area contributed by atoms with Crippen molar-refractivity contribution in [2.75, 3.05) is 0 Å². The van der Waals surface area contributed by atoms with Crippen LogP contribution in [0, 0.1) is 17.8 Å². The van der Waals surface area contributed by atoms with Gasteiger partial charge in [-0.2, -0.15) is 0 Å². The summed E-state index contributed by atoms with van der Waals surface area (Å²) in [5.41, 5.74) is 0. The van der Waals surface area contributed by atoms with E-state index >= 15 is 0 Å². The SMILES string of the molecule is CC1CCC(C(C)C)C(NS(=O)(=O)C(C)C)C1. The first-order valence-corrected chi connectivity index (χ1v) is 8.29. The molecule has 0 aromatic carbocycles. The number of hydrogen-bond donors (Lipinski definition) is 1. The molecule has 3 nitrogen and oxygen atoms in total. The van der Waals surface area contributed by atoms with E-state index in [2.05, 4.69) is 25.5 Å². The van der Waals surface area contributed by atoms with Crippen molar-refractivity contribution in [2.45, 2.75) is 65.2 Å². The molecule has 0 aliphatic heterocycles. The van der Waals surface area contributed by atoms with E-state index in [4.69, 9.17) is 0 Å². The van der Waals surface area contributed by atoms with Crippen LogP contribution in [0.1, 0.15) is 53.9 Å². The average molecular weight is 261 g/mol. The van der Waals surface area contributed by atoms with Gasteiger partial charge in [-0.1, -0.05) is 27.2 Å². The maximum atomic E-state index is 12.0. The van der Waals surface area contributed by atoms with Crippen molar-refractivity contribution in [3.63, 3.8) is 0 Å². The summed E-state index contributed by atoms with van der Waals surface area (Å²) in [4.78, 5) is 0. The highest BCUT2D eigenvalue weighted by molar-refractivity contribution is 7.90. The molecule has 0 bridgehead atoms. The molecule has 4 heteroatoms. The molecule has 1 aliphatic carbocycles. The molecule has 1 saturated carbocycles. The van der Waals surface area contributed by atoms with Crippen LogP contribution in [0.15, 0.2) is 0 Å². The summed E-state index contributed by atoms with van der Waals surface area (Å²) >= 11 is 0. The van der Waals surface area contributed by atoms with Crippen LogP contribution in [-0.2, 0) is 10.0 Å². The predicted octanol–water partition coefficient (Wildman–Crippen LogP) is 2.78. The summed E-state index contributed by atoms with van der Waals surface area (Å²) in [5.74, 6) is 1.66. The van der Waals surface area contributed by atoms with Crippen LogP contribution in [0.4, 0.5) is 0 Å². The van der Waals surface area contributed by atoms with Gasteiger partial charge in [-0.3, -0.25) is 0 Å². The fourth-order valence-electron chi connectivity index (χ4n) is 2.68. The first-order chi connectivity index (χ1) is 7.74. The van der Waals surface area contributed by atoms with E-state index in [0.717, 1.165) is 12.8 Å². The Balaban J connectivity index is 2.77. The van der Waals surface area contributed by atoms with E-state index in [1.165, 1.54) is 6.42 Å². The Morgan fingerprint density at radius 1 is 1.12 bits per heavy atom. The number of nitrogens with one attached hydrogen (secondary N) is 1. The molecule has 0 radical (unpaired) electrons. The number of rotatable bonds is 4. The lowest BCUT2D eigenvalue weighted by atomic mass is 9.74. The van der Waals surface area contributed by atoms with Crippen LogP contribution in [0.5, 0.6) is 0 Å². The minimum atomic E-state index is -3.14. The standard InChI is InChI=1S/C13H27NO2S/c1-9(2)12-7-6-11(5)8-13(12)14-17(15,16)10(3)4/h9-14H,6-8H2,1-5H3. The largest absolute Gasteiger partial charge is 0.214 e. The van der Waals surface area contributed by atoms with Gasteiger partial charge >= 0.3 is 0 Å². The van der Waals surface area contributed by atoms with Crippen molar-refractivity contribution in [1.29, 1.82) is 0 Å². The first-order valence-electron chi connectivity index (χ1n) is 6.75. The zero-order chi connectivity index (χ0) is 13.2. The Hall–Kier alpha value is -0.0900. The summed E-state index contributed by atoms with van der Waals surface area (Å²) < 4.78 is 26.9. The van der Waals surface area contributed by atoms with E-state index in [1.807, 2.05) is 0 Å². The minimum Gasteiger partial charge on any atom is -0.212 e. The Labute approximate surface area is 106 Å². The quantitative estimate of drug-likeness (QED) is 0.846. The van der Waals surface area contributed by atoms with Crippen molar-refractivity contribution < 1.29 is 8.42 Å². The second kappa shape index (κ2) is 5.70. The Morgan fingerprint density at radius 2 is 1.71 bits per heavy atom. The third-order valence-corrected chi connectivity index (χ3v) is 5.83. The maximum Gasteiger partial charge on any atom is 0.214 e. The predicted molar refractivity (Wildman–Crippen MR) is 72.3 cm³/mol. The summed E-state index contributed by atoms with van der Waals surface area (Å²) in [6.07, 6.45) is 3.35. The molecule has 3 atom stereocenters. The van der Waals surface area contributed by atoms with Gasteiger partial charge in [-0.25, -0.2) is 13.1 Å². The molecule has 0 heterocycles. The van der Waals surface area contributed by atoms with Crippen LogP contribution in [0.2, 0.25) is 0 Å². The molecule has 0 aromatic rings. The van der Waals surface area contributed by atoms with Gasteiger partial charge in [0.2, 0.25) is 10.0 Å². The van der Waals surface area contributed by atoms with Crippen LogP contribution in [-0.4, -0.2) is 19.7 Å².